The Labute approximate surface area is 148 Å². The number of aliphatic hydroxyl groups excluding tert-OH is 1. The summed E-state index contributed by atoms with van der Waals surface area (Å²) in [4.78, 5) is 0. The zero-order chi connectivity index (χ0) is 17.4. The van der Waals surface area contributed by atoms with Gasteiger partial charge in [-0.25, -0.2) is 0 Å². The second kappa shape index (κ2) is 9.52. The third-order valence-electron chi connectivity index (χ3n) is 3.61. The summed E-state index contributed by atoms with van der Waals surface area (Å²) in [6.07, 6.45) is -0.490. The van der Waals surface area contributed by atoms with Gasteiger partial charge in [-0.2, -0.15) is 0 Å². The van der Waals surface area contributed by atoms with Crippen LogP contribution in [0, 0.1) is 0 Å². The first-order valence-corrected chi connectivity index (χ1v) is 8.66. The van der Waals surface area contributed by atoms with Crippen molar-refractivity contribution in [2.45, 2.75) is 26.5 Å². The van der Waals surface area contributed by atoms with Gasteiger partial charge in [0, 0.05) is 5.56 Å². The van der Waals surface area contributed by atoms with Crippen LogP contribution in [0.3, 0.4) is 0 Å². The van der Waals surface area contributed by atoms with Crippen LogP contribution in [0.5, 0.6) is 11.5 Å². The Morgan fingerprint density at radius 3 is 2.46 bits per heavy atom. The molecule has 0 aliphatic carbocycles. The van der Waals surface area contributed by atoms with E-state index in [4.69, 9.17) is 21.1 Å². The SMILES string of the molecule is CCOc1cc(C[NH2+]C[C@@H](O)c2ccccc2)cc(Cl)c1OCC. The maximum Gasteiger partial charge on any atom is 0.179 e. The van der Waals surface area contributed by atoms with Crippen LogP contribution in [0.2, 0.25) is 5.02 Å². The highest BCUT2D eigenvalue weighted by Crippen LogP contribution is 2.36. The molecular formula is C19H25ClNO3+. The lowest BCUT2D eigenvalue weighted by atomic mass is 10.1. The summed E-state index contributed by atoms with van der Waals surface area (Å²) in [5.41, 5.74) is 1.96. The number of hydrogen-bond acceptors (Lipinski definition) is 3. The van der Waals surface area contributed by atoms with Gasteiger partial charge in [-0.15, -0.1) is 0 Å². The van der Waals surface area contributed by atoms with Gasteiger partial charge in [0.25, 0.3) is 0 Å². The summed E-state index contributed by atoms with van der Waals surface area (Å²) in [5, 5.41) is 12.8. The molecule has 0 fully saturated rings. The van der Waals surface area contributed by atoms with E-state index < -0.39 is 6.10 Å². The Kier molecular flexibility index (Phi) is 7.37. The Morgan fingerprint density at radius 1 is 1.08 bits per heavy atom. The van der Waals surface area contributed by atoms with E-state index in [-0.39, 0.29) is 0 Å². The van der Waals surface area contributed by atoms with Crippen molar-refractivity contribution >= 4 is 11.6 Å². The monoisotopic (exact) mass is 350 g/mol. The van der Waals surface area contributed by atoms with Gasteiger partial charge >= 0.3 is 0 Å². The van der Waals surface area contributed by atoms with Gasteiger partial charge in [-0.05, 0) is 31.5 Å². The van der Waals surface area contributed by atoms with Crippen molar-refractivity contribution in [1.82, 2.24) is 0 Å². The van der Waals surface area contributed by atoms with Crippen molar-refractivity contribution in [3.8, 4) is 11.5 Å². The van der Waals surface area contributed by atoms with Crippen molar-refractivity contribution in [2.75, 3.05) is 19.8 Å². The van der Waals surface area contributed by atoms with Gasteiger partial charge in [0.2, 0.25) is 0 Å². The maximum atomic E-state index is 10.2. The summed E-state index contributed by atoms with van der Waals surface area (Å²) >= 11 is 6.32. The molecule has 0 aliphatic heterocycles. The Hall–Kier alpha value is -1.75. The van der Waals surface area contributed by atoms with E-state index >= 15 is 0 Å². The van der Waals surface area contributed by atoms with Crippen LogP contribution in [0.4, 0.5) is 0 Å². The highest BCUT2D eigenvalue weighted by Gasteiger charge is 2.14. The fourth-order valence-electron chi connectivity index (χ4n) is 2.51. The van der Waals surface area contributed by atoms with Crippen LogP contribution in [-0.2, 0) is 6.54 Å². The quantitative estimate of drug-likeness (QED) is 0.731. The van der Waals surface area contributed by atoms with E-state index in [0.29, 0.717) is 42.8 Å². The smallest absolute Gasteiger partial charge is 0.179 e. The normalized spacial score (nSPS) is 12.0. The second-order valence-corrected chi connectivity index (χ2v) is 5.83. The molecule has 2 aromatic rings. The van der Waals surface area contributed by atoms with Crippen LogP contribution in [-0.4, -0.2) is 24.9 Å². The first-order chi connectivity index (χ1) is 11.7. The number of benzene rings is 2. The molecule has 1 atom stereocenters. The summed E-state index contributed by atoms with van der Waals surface area (Å²) < 4.78 is 11.2. The van der Waals surface area contributed by atoms with Crippen molar-refractivity contribution in [1.29, 1.82) is 0 Å². The predicted octanol–water partition coefficient (Wildman–Crippen LogP) is 2.93. The third-order valence-corrected chi connectivity index (χ3v) is 3.89. The predicted molar refractivity (Wildman–Crippen MR) is 95.7 cm³/mol. The van der Waals surface area contributed by atoms with E-state index in [1.165, 1.54) is 0 Å². The molecule has 3 N–H and O–H groups in total. The minimum Gasteiger partial charge on any atom is -0.490 e. The molecule has 4 nitrogen and oxygen atoms in total. The maximum absolute atomic E-state index is 10.2. The van der Waals surface area contributed by atoms with Crippen LogP contribution in [0.15, 0.2) is 42.5 Å². The second-order valence-electron chi connectivity index (χ2n) is 5.43. The van der Waals surface area contributed by atoms with Gasteiger partial charge in [0.15, 0.2) is 11.5 Å². The van der Waals surface area contributed by atoms with E-state index in [9.17, 15) is 5.11 Å². The number of nitrogens with two attached hydrogens (primary N) is 1. The molecule has 0 aromatic heterocycles. The molecule has 2 rings (SSSR count). The Morgan fingerprint density at radius 2 is 1.79 bits per heavy atom. The highest BCUT2D eigenvalue weighted by molar-refractivity contribution is 6.32. The molecular weight excluding hydrogens is 326 g/mol. The average Bonchev–Trinajstić information content (AvgIpc) is 2.59. The van der Waals surface area contributed by atoms with Crippen LogP contribution in [0.25, 0.3) is 0 Å². The molecule has 0 saturated heterocycles. The fourth-order valence-corrected chi connectivity index (χ4v) is 2.79. The van der Waals surface area contributed by atoms with Crippen molar-refractivity contribution < 1.29 is 19.9 Å². The average molecular weight is 351 g/mol. The van der Waals surface area contributed by atoms with Gasteiger partial charge < -0.3 is 19.9 Å². The molecule has 0 heterocycles. The molecule has 0 saturated carbocycles. The summed E-state index contributed by atoms with van der Waals surface area (Å²) in [5.74, 6) is 1.26. The van der Waals surface area contributed by atoms with Gasteiger partial charge in [-0.3, -0.25) is 0 Å². The molecule has 0 amide bonds. The molecule has 0 aliphatic rings. The third kappa shape index (κ3) is 5.13. The number of aliphatic hydroxyl groups is 1. The molecule has 130 valence electrons. The molecule has 0 spiro atoms. The van der Waals surface area contributed by atoms with Crippen molar-refractivity contribution in [3.63, 3.8) is 0 Å². The number of halogens is 1. The van der Waals surface area contributed by atoms with E-state index in [0.717, 1.165) is 11.1 Å². The number of hydrogen-bond donors (Lipinski definition) is 2. The van der Waals surface area contributed by atoms with Crippen LogP contribution >= 0.6 is 11.6 Å². The molecule has 2 aromatic carbocycles. The minimum absolute atomic E-state index is 0.490. The van der Waals surface area contributed by atoms with Gasteiger partial charge in [0.1, 0.15) is 19.2 Å². The topological polar surface area (TPSA) is 55.3 Å². The minimum atomic E-state index is -0.490. The summed E-state index contributed by atoms with van der Waals surface area (Å²) in [6.45, 7) is 6.22. The standard InChI is InChI=1S/C19H24ClNO3/c1-3-23-18-11-14(10-16(20)19(18)24-4-2)12-21-13-17(22)15-8-6-5-7-9-15/h5-11,17,21-22H,3-4,12-13H2,1-2H3/p+1/t17-/m1/s1. The first kappa shape index (κ1) is 18.6. The van der Waals surface area contributed by atoms with E-state index in [1.54, 1.807) is 0 Å². The Balaban J connectivity index is 1.99. The highest BCUT2D eigenvalue weighted by atomic mass is 35.5. The zero-order valence-corrected chi connectivity index (χ0v) is 14.9. The Bertz CT molecular complexity index is 634. The van der Waals surface area contributed by atoms with E-state index in [1.807, 2.05) is 56.3 Å². The first-order valence-electron chi connectivity index (χ1n) is 8.28. The summed E-state index contributed by atoms with van der Waals surface area (Å²) in [6, 6.07) is 13.5. The van der Waals surface area contributed by atoms with Gasteiger partial charge in [-0.1, -0.05) is 41.9 Å². The van der Waals surface area contributed by atoms with Gasteiger partial charge in [0.05, 0.1) is 18.2 Å². The molecule has 0 bridgehead atoms. The molecule has 0 radical (unpaired) electrons. The molecule has 5 heteroatoms. The lowest BCUT2D eigenvalue weighted by molar-refractivity contribution is -0.677. The zero-order valence-electron chi connectivity index (χ0n) is 14.2. The number of rotatable bonds is 9. The van der Waals surface area contributed by atoms with Crippen molar-refractivity contribution in [2.24, 2.45) is 0 Å². The number of quaternary nitrogens is 1. The largest absolute Gasteiger partial charge is 0.490 e. The number of ether oxygens (including phenoxy) is 2. The molecule has 0 unspecified atom stereocenters. The lowest BCUT2D eigenvalue weighted by Crippen LogP contribution is -2.83. The fraction of sp³-hybridized carbons (Fsp3) is 0.368. The van der Waals surface area contributed by atoms with Crippen LogP contribution in [0.1, 0.15) is 31.1 Å². The van der Waals surface area contributed by atoms with Crippen LogP contribution < -0.4 is 14.8 Å². The molecule has 24 heavy (non-hydrogen) atoms. The lowest BCUT2D eigenvalue weighted by Gasteiger charge is -2.14. The summed E-state index contributed by atoms with van der Waals surface area (Å²) in [7, 11) is 0. The van der Waals surface area contributed by atoms with Crippen molar-refractivity contribution in [3.05, 3.63) is 58.6 Å². The van der Waals surface area contributed by atoms with E-state index in [2.05, 4.69) is 5.32 Å².